The van der Waals surface area contributed by atoms with Gasteiger partial charge in [-0.25, -0.2) is 0 Å². The van der Waals surface area contributed by atoms with Crippen LogP contribution in [0.15, 0.2) is 79.2 Å². The highest BCUT2D eigenvalue weighted by molar-refractivity contribution is 6.31. The molecule has 2 heterocycles. The summed E-state index contributed by atoms with van der Waals surface area (Å²) < 4.78 is 6.11. The van der Waals surface area contributed by atoms with E-state index in [0.717, 1.165) is 5.56 Å². The second-order valence-corrected chi connectivity index (χ2v) is 7.42. The van der Waals surface area contributed by atoms with Crippen molar-refractivity contribution in [3.05, 3.63) is 89.8 Å². The second kappa shape index (κ2) is 8.97. The maximum Gasteiger partial charge on any atom is 0.251 e. The highest BCUT2D eigenvalue weighted by Gasteiger charge is 2.31. The van der Waals surface area contributed by atoms with Gasteiger partial charge in [0.15, 0.2) is 0 Å². The van der Waals surface area contributed by atoms with Gasteiger partial charge in [-0.3, -0.25) is 14.6 Å². The number of halogens is 1. The molecule has 1 N–H and O–H groups in total. The highest BCUT2D eigenvalue weighted by atomic mass is 35.5. The fraction of sp³-hybridized carbons (Fsp3) is 0.174. The van der Waals surface area contributed by atoms with Crippen molar-refractivity contribution in [1.82, 2.24) is 10.3 Å². The molecule has 0 saturated heterocycles. The van der Waals surface area contributed by atoms with Crippen molar-refractivity contribution in [3.8, 4) is 5.75 Å². The molecule has 2 amide bonds. The number of anilines is 1. The van der Waals surface area contributed by atoms with Crippen LogP contribution in [0.1, 0.15) is 5.56 Å². The standard InChI is InChI=1S/C23H20ClN3O3/c24-18-5-6-21-19(13-18)27(15-17-3-1-2-4-20(17)30-21)23(29)8-7-22(28)26-14-16-9-11-25-12-10-16/h1-13,17,20H,14-15H2,(H,26,28)/b8-7+. The van der Waals surface area contributed by atoms with E-state index >= 15 is 0 Å². The normalized spacial score (nSPS) is 19.6. The maximum absolute atomic E-state index is 13.0. The summed E-state index contributed by atoms with van der Waals surface area (Å²) in [6.45, 7) is 0.775. The molecule has 0 bridgehead atoms. The summed E-state index contributed by atoms with van der Waals surface area (Å²) in [4.78, 5) is 30.7. The van der Waals surface area contributed by atoms with Crippen LogP contribution in [0.4, 0.5) is 5.69 Å². The van der Waals surface area contributed by atoms with Crippen LogP contribution in [0.25, 0.3) is 0 Å². The molecule has 7 heteroatoms. The van der Waals surface area contributed by atoms with Gasteiger partial charge in [0.25, 0.3) is 5.91 Å². The molecule has 0 radical (unpaired) electrons. The molecule has 30 heavy (non-hydrogen) atoms. The minimum atomic E-state index is -0.351. The molecule has 0 saturated carbocycles. The molecular formula is C23H20ClN3O3. The minimum Gasteiger partial charge on any atom is -0.483 e. The monoisotopic (exact) mass is 421 g/mol. The van der Waals surface area contributed by atoms with E-state index in [1.165, 1.54) is 12.2 Å². The summed E-state index contributed by atoms with van der Waals surface area (Å²) in [7, 11) is 0. The average molecular weight is 422 g/mol. The Morgan fingerprint density at radius 2 is 1.97 bits per heavy atom. The summed E-state index contributed by atoms with van der Waals surface area (Å²) in [6.07, 6.45) is 13.5. The Balaban J connectivity index is 1.49. The van der Waals surface area contributed by atoms with Crippen LogP contribution in [0.3, 0.4) is 0 Å². The predicted octanol–water partition coefficient (Wildman–Crippen LogP) is 3.44. The number of hydrogen-bond acceptors (Lipinski definition) is 4. The molecule has 1 aromatic carbocycles. The third-order valence-electron chi connectivity index (χ3n) is 4.92. The molecular weight excluding hydrogens is 402 g/mol. The van der Waals surface area contributed by atoms with E-state index in [9.17, 15) is 9.59 Å². The second-order valence-electron chi connectivity index (χ2n) is 6.98. The summed E-state index contributed by atoms with van der Waals surface area (Å²) in [5.41, 5.74) is 1.51. The third-order valence-corrected chi connectivity index (χ3v) is 5.15. The molecule has 2 aromatic rings. The number of allylic oxidation sites excluding steroid dienone is 2. The van der Waals surface area contributed by atoms with Crippen molar-refractivity contribution in [2.45, 2.75) is 12.6 Å². The Morgan fingerprint density at radius 1 is 1.17 bits per heavy atom. The van der Waals surface area contributed by atoms with Gasteiger partial charge < -0.3 is 15.0 Å². The van der Waals surface area contributed by atoms with Crippen molar-refractivity contribution < 1.29 is 14.3 Å². The number of nitrogens with one attached hydrogen (secondary N) is 1. The number of carbonyl (C=O) groups is 2. The van der Waals surface area contributed by atoms with Crippen LogP contribution in [0.5, 0.6) is 5.75 Å². The third kappa shape index (κ3) is 4.60. The molecule has 1 aromatic heterocycles. The first-order valence-electron chi connectivity index (χ1n) is 9.57. The van der Waals surface area contributed by atoms with Gasteiger partial charge in [0.05, 0.1) is 5.69 Å². The first-order chi connectivity index (χ1) is 14.6. The van der Waals surface area contributed by atoms with Crippen LogP contribution in [0, 0.1) is 5.92 Å². The van der Waals surface area contributed by atoms with E-state index in [2.05, 4.69) is 10.3 Å². The van der Waals surface area contributed by atoms with Crippen molar-refractivity contribution in [2.24, 2.45) is 5.92 Å². The van der Waals surface area contributed by atoms with Crippen molar-refractivity contribution in [3.63, 3.8) is 0 Å². The number of nitrogens with zero attached hydrogens (tertiary/aromatic N) is 2. The van der Waals surface area contributed by atoms with Gasteiger partial charge in [0.1, 0.15) is 11.9 Å². The van der Waals surface area contributed by atoms with Gasteiger partial charge in [-0.2, -0.15) is 0 Å². The Hall–Kier alpha value is -3.38. The molecule has 2 atom stereocenters. The lowest BCUT2D eigenvalue weighted by atomic mass is 9.97. The van der Waals surface area contributed by atoms with Crippen molar-refractivity contribution in [1.29, 1.82) is 0 Å². The molecule has 2 unspecified atom stereocenters. The average Bonchev–Trinajstić information content (AvgIpc) is 2.93. The molecule has 1 aliphatic carbocycles. The maximum atomic E-state index is 13.0. The molecule has 1 aliphatic heterocycles. The Bertz CT molecular complexity index is 1030. The highest BCUT2D eigenvalue weighted by Crippen LogP contribution is 2.37. The van der Waals surface area contributed by atoms with E-state index < -0.39 is 0 Å². The van der Waals surface area contributed by atoms with E-state index in [1.54, 1.807) is 35.5 Å². The van der Waals surface area contributed by atoms with Crippen molar-refractivity contribution in [2.75, 3.05) is 11.4 Å². The lowest BCUT2D eigenvalue weighted by molar-refractivity contribution is -0.118. The zero-order chi connectivity index (χ0) is 20.9. The lowest BCUT2D eigenvalue weighted by Gasteiger charge is -2.24. The first kappa shape index (κ1) is 19.9. The molecule has 4 rings (SSSR count). The Kier molecular flexibility index (Phi) is 5.95. The SMILES string of the molecule is O=C(/C=C/C(=O)N1CC2C=CC=CC2Oc2ccc(Cl)cc21)NCc1ccncc1. The van der Waals surface area contributed by atoms with Gasteiger partial charge in [-0.05, 0) is 42.0 Å². The summed E-state index contributed by atoms with van der Waals surface area (Å²) in [5, 5.41) is 3.26. The van der Waals surface area contributed by atoms with Gasteiger partial charge in [0, 0.05) is 48.6 Å². The van der Waals surface area contributed by atoms with Gasteiger partial charge in [-0.15, -0.1) is 0 Å². The number of amides is 2. The first-order valence-corrected chi connectivity index (χ1v) is 9.95. The fourth-order valence-corrected chi connectivity index (χ4v) is 3.54. The van der Waals surface area contributed by atoms with Gasteiger partial charge in [0.2, 0.25) is 5.91 Å². The van der Waals surface area contributed by atoms with Crippen LogP contribution < -0.4 is 15.0 Å². The van der Waals surface area contributed by atoms with E-state index in [4.69, 9.17) is 16.3 Å². The van der Waals surface area contributed by atoms with E-state index in [1.807, 2.05) is 36.4 Å². The van der Waals surface area contributed by atoms with E-state index in [0.29, 0.717) is 29.5 Å². The number of rotatable bonds is 4. The van der Waals surface area contributed by atoms with Crippen LogP contribution in [-0.2, 0) is 16.1 Å². The largest absolute Gasteiger partial charge is 0.483 e. The number of aromatic nitrogens is 1. The molecule has 0 spiro atoms. The topological polar surface area (TPSA) is 71.5 Å². The minimum absolute atomic E-state index is 0.000887. The smallest absolute Gasteiger partial charge is 0.251 e. The number of fused-ring (bicyclic) bond motifs is 2. The quantitative estimate of drug-likeness (QED) is 0.767. The summed E-state index contributed by atoms with van der Waals surface area (Å²) in [6, 6.07) is 8.83. The van der Waals surface area contributed by atoms with Crippen LogP contribution in [-0.4, -0.2) is 29.4 Å². The zero-order valence-electron chi connectivity index (χ0n) is 16.1. The van der Waals surface area contributed by atoms with Crippen LogP contribution >= 0.6 is 11.6 Å². The zero-order valence-corrected chi connectivity index (χ0v) is 16.8. The van der Waals surface area contributed by atoms with E-state index in [-0.39, 0.29) is 23.8 Å². The number of benzene rings is 1. The molecule has 2 aliphatic rings. The Morgan fingerprint density at radius 3 is 2.80 bits per heavy atom. The fourth-order valence-electron chi connectivity index (χ4n) is 3.38. The molecule has 0 fully saturated rings. The number of pyridine rings is 1. The lowest BCUT2D eigenvalue weighted by Crippen LogP contribution is -2.37. The number of ether oxygens (including phenoxy) is 1. The number of carbonyl (C=O) groups excluding carboxylic acids is 2. The van der Waals surface area contributed by atoms with Crippen LogP contribution in [0.2, 0.25) is 5.02 Å². The predicted molar refractivity (Wildman–Crippen MR) is 115 cm³/mol. The molecule has 6 nitrogen and oxygen atoms in total. The summed E-state index contributed by atoms with van der Waals surface area (Å²) in [5.74, 6) is -0.0875. The van der Waals surface area contributed by atoms with Crippen molar-refractivity contribution >= 4 is 29.1 Å². The van der Waals surface area contributed by atoms with Gasteiger partial charge in [-0.1, -0.05) is 29.8 Å². The molecule has 152 valence electrons. The Labute approximate surface area is 179 Å². The number of hydrogen-bond donors (Lipinski definition) is 1. The van der Waals surface area contributed by atoms with Gasteiger partial charge >= 0.3 is 0 Å². The summed E-state index contributed by atoms with van der Waals surface area (Å²) >= 11 is 6.17.